The Hall–Kier alpha value is -2.73. The highest BCUT2D eigenvalue weighted by Gasteiger charge is 2.23. The van der Waals surface area contributed by atoms with Crippen LogP contribution < -0.4 is 10.6 Å². The Morgan fingerprint density at radius 2 is 1.55 bits per heavy atom. The fourth-order valence-electron chi connectivity index (χ4n) is 3.69. The van der Waals surface area contributed by atoms with E-state index < -0.39 is 17.5 Å². The van der Waals surface area contributed by atoms with Crippen LogP contribution in [0, 0.1) is 11.6 Å². The van der Waals surface area contributed by atoms with Crippen LogP contribution in [0.3, 0.4) is 0 Å². The highest BCUT2D eigenvalue weighted by atomic mass is 35.5. The van der Waals surface area contributed by atoms with E-state index in [0.717, 1.165) is 60.6 Å². The van der Waals surface area contributed by atoms with E-state index in [-0.39, 0.29) is 30.1 Å². The van der Waals surface area contributed by atoms with Gasteiger partial charge in [-0.15, -0.1) is 12.4 Å². The maximum Gasteiger partial charge on any atom is 0.251 e. The lowest BCUT2D eigenvalue weighted by Gasteiger charge is -2.30. The molecule has 7 heteroatoms. The second-order valence-corrected chi connectivity index (χ2v) is 7.21. The largest absolute Gasteiger partial charge is 0.367 e. The Morgan fingerprint density at radius 1 is 0.897 bits per heavy atom. The van der Waals surface area contributed by atoms with Gasteiger partial charge >= 0.3 is 0 Å². The zero-order valence-corrected chi connectivity index (χ0v) is 16.5. The van der Waals surface area contributed by atoms with Crippen LogP contribution in [0.5, 0.6) is 0 Å². The van der Waals surface area contributed by atoms with Gasteiger partial charge in [0.2, 0.25) is 0 Å². The maximum absolute atomic E-state index is 13.3. The molecule has 1 saturated carbocycles. The third kappa shape index (κ3) is 5.21. The molecule has 4 nitrogen and oxygen atoms in total. The van der Waals surface area contributed by atoms with Gasteiger partial charge in [-0.05, 0) is 56.0 Å². The van der Waals surface area contributed by atoms with Crippen molar-refractivity contribution < 1.29 is 13.6 Å². The summed E-state index contributed by atoms with van der Waals surface area (Å²) in [5.74, 6) is -1.09. The summed E-state index contributed by atoms with van der Waals surface area (Å²) in [5.41, 5.74) is 0.967. The number of para-hydroxylation sites is 1. The summed E-state index contributed by atoms with van der Waals surface area (Å²) >= 11 is 0. The number of fused-ring (bicyclic) bond motifs is 1. The zero-order chi connectivity index (χ0) is 19.5. The smallest absolute Gasteiger partial charge is 0.251 e. The first-order valence-electron chi connectivity index (χ1n) is 9.46. The second-order valence-electron chi connectivity index (χ2n) is 7.21. The van der Waals surface area contributed by atoms with Gasteiger partial charge < -0.3 is 10.6 Å². The number of hydrogen-bond donors (Lipinski definition) is 2. The molecule has 152 valence electrons. The number of aromatic nitrogens is 1. The lowest BCUT2D eigenvalue weighted by atomic mass is 9.91. The van der Waals surface area contributed by atoms with Gasteiger partial charge in [0.05, 0.1) is 5.52 Å². The van der Waals surface area contributed by atoms with Crippen molar-refractivity contribution in [3.63, 3.8) is 0 Å². The van der Waals surface area contributed by atoms with Crippen molar-refractivity contribution >= 4 is 35.0 Å². The van der Waals surface area contributed by atoms with E-state index in [1.165, 1.54) is 0 Å². The molecule has 0 unspecified atom stereocenters. The molecule has 1 heterocycles. The Morgan fingerprint density at radius 3 is 2.28 bits per heavy atom. The number of amides is 1. The monoisotopic (exact) mass is 417 g/mol. The number of carbonyl (C=O) groups is 1. The lowest BCUT2D eigenvalue weighted by Crippen LogP contribution is -2.40. The van der Waals surface area contributed by atoms with Crippen LogP contribution in [0.2, 0.25) is 0 Å². The number of nitrogens with zero attached hydrogens (tertiary/aromatic N) is 1. The number of pyridine rings is 1. The van der Waals surface area contributed by atoms with Crippen molar-refractivity contribution in [3.8, 4) is 0 Å². The van der Waals surface area contributed by atoms with E-state index in [4.69, 9.17) is 0 Å². The molecular weight excluding hydrogens is 396 g/mol. The van der Waals surface area contributed by atoms with Gasteiger partial charge in [-0.25, -0.2) is 13.8 Å². The summed E-state index contributed by atoms with van der Waals surface area (Å²) in [7, 11) is 0. The molecule has 0 saturated heterocycles. The van der Waals surface area contributed by atoms with Gasteiger partial charge in [0.1, 0.15) is 17.5 Å². The first-order chi connectivity index (χ1) is 13.6. The highest BCUT2D eigenvalue weighted by molar-refractivity contribution is 5.94. The molecule has 0 bridgehead atoms. The minimum Gasteiger partial charge on any atom is -0.367 e. The molecule has 2 N–H and O–H groups in total. The fourth-order valence-corrected chi connectivity index (χ4v) is 3.69. The fraction of sp³-hybridized carbons (Fsp3) is 0.273. The van der Waals surface area contributed by atoms with Gasteiger partial charge in [-0.1, -0.05) is 18.2 Å². The average molecular weight is 418 g/mol. The summed E-state index contributed by atoms with van der Waals surface area (Å²) in [4.78, 5) is 16.9. The molecule has 1 aliphatic carbocycles. The summed E-state index contributed by atoms with van der Waals surface area (Å²) < 4.78 is 26.6. The number of benzene rings is 2. The summed E-state index contributed by atoms with van der Waals surface area (Å²) in [6, 6.07) is 15.2. The maximum atomic E-state index is 13.3. The highest BCUT2D eigenvalue weighted by Crippen LogP contribution is 2.23. The molecule has 1 fully saturated rings. The minimum atomic E-state index is -0.749. The third-order valence-corrected chi connectivity index (χ3v) is 5.14. The zero-order valence-electron chi connectivity index (χ0n) is 15.7. The molecule has 3 aromatic rings. The molecule has 1 amide bonds. The lowest BCUT2D eigenvalue weighted by molar-refractivity contribution is 0.0925. The molecule has 0 aliphatic heterocycles. The molecule has 0 atom stereocenters. The van der Waals surface area contributed by atoms with Crippen molar-refractivity contribution in [2.75, 3.05) is 5.32 Å². The van der Waals surface area contributed by atoms with E-state index in [2.05, 4.69) is 21.7 Å². The number of rotatable bonds is 4. The minimum absolute atomic E-state index is 0. The molecule has 4 rings (SSSR count). The van der Waals surface area contributed by atoms with Crippen molar-refractivity contribution in [1.29, 1.82) is 0 Å². The summed E-state index contributed by atoms with van der Waals surface area (Å²) in [6.45, 7) is 0. The Balaban J connectivity index is 0.00000240. The van der Waals surface area contributed by atoms with Gasteiger partial charge in [0.15, 0.2) is 0 Å². The van der Waals surface area contributed by atoms with Crippen LogP contribution in [0.15, 0.2) is 54.6 Å². The van der Waals surface area contributed by atoms with Crippen LogP contribution >= 0.6 is 12.4 Å². The number of halogens is 3. The molecular formula is C22H22ClF2N3O. The number of nitrogens with one attached hydrogen (secondary N) is 2. The predicted octanol–water partition coefficient (Wildman–Crippen LogP) is 5.09. The van der Waals surface area contributed by atoms with Gasteiger partial charge in [0, 0.05) is 29.1 Å². The number of hydrogen-bond acceptors (Lipinski definition) is 3. The molecule has 0 spiro atoms. The molecule has 0 radical (unpaired) electrons. The Labute approximate surface area is 174 Å². The van der Waals surface area contributed by atoms with Crippen LogP contribution in [0.25, 0.3) is 10.9 Å². The molecule has 1 aromatic heterocycles. The van der Waals surface area contributed by atoms with Crippen molar-refractivity contribution in [2.24, 2.45) is 0 Å². The van der Waals surface area contributed by atoms with Crippen LogP contribution in [-0.4, -0.2) is 23.0 Å². The average Bonchev–Trinajstić information content (AvgIpc) is 2.68. The van der Waals surface area contributed by atoms with Gasteiger partial charge in [-0.2, -0.15) is 0 Å². The van der Waals surface area contributed by atoms with E-state index in [9.17, 15) is 13.6 Å². The van der Waals surface area contributed by atoms with E-state index in [1.54, 1.807) is 0 Å². The SMILES string of the molecule is Cl.O=C(NC1CCC(Nc2ccc3ccccc3n2)CC1)c1cc(F)cc(F)c1. The predicted molar refractivity (Wildman–Crippen MR) is 112 cm³/mol. The van der Waals surface area contributed by atoms with Crippen LogP contribution in [-0.2, 0) is 0 Å². The summed E-state index contributed by atoms with van der Waals surface area (Å²) in [6.07, 6.45) is 3.37. The number of anilines is 1. The van der Waals surface area contributed by atoms with E-state index in [1.807, 2.05) is 30.3 Å². The van der Waals surface area contributed by atoms with Crippen molar-refractivity contribution in [2.45, 2.75) is 37.8 Å². The van der Waals surface area contributed by atoms with Gasteiger partial charge in [-0.3, -0.25) is 4.79 Å². The van der Waals surface area contributed by atoms with Crippen LogP contribution in [0.4, 0.5) is 14.6 Å². The van der Waals surface area contributed by atoms with E-state index >= 15 is 0 Å². The third-order valence-electron chi connectivity index (χ3n) is 5.14. The molecule has 29 heavy (non-hydrogen) atoms. The Kier molecular flexibility index (Phi) is 6.64. The first-order valence-corrected chi connectivity index (χ1v) is 9.46. The summed E-state index contributed by atoms with van der Waals surface area (Å²) in [5, 5.41) is 7.46. The molecule has 2 aromatic carbocycles. The van der Waals surface area contributed by atoms with E-state index in [0.29, 0.717) is 0 Å². The standard InChI is InChI=1S/C22H21F2N3O.ClH/c23-16-11-15(12-17(24)13-16)22(28)26-19-8-6-18(7-9-19)25-21-10-5-14-3-1-2-4-20(14)27-21;/h1-5,10-13,18-19H,6-9H2,(H,25,27)(H,26,28);1H. The normalized spacial score (nSPS) is 18.7. The van der Waals surface area contributed by atoms with Crippen molar-refractivity contribution in [3.05, 3.63) is 71.8 Å². The first kappa shape index (κ1) is 21.0. The second kappa shape index (κ2) is 9.18. The topological polar surface area (TPSA) is 54.0 Å². The van der Waals surface area contributed by atoms with Crippen molar-refractivity contribution in [1.82, 2.24) is 10.3 Å². The number of carbonyl (C=O) groups excluding carboxylic acids is 1. The molecule has 1 aliphatic rings. The quantitative estimate of drug-likeness (QED) is 0.621. The van der Waals surface area contributed by atoms with Crippen LogP contribution in [0.1, 0.15) is 36.0 Å². The van der Waals surface area contributed by atoms with Gasteiger partial charge in [0.25, 0.3) is 5.91 Å². The Bertz CT molecular complexity index is 986.